The maximum absolute atomic E-state index is 3.83. The Morgan fingerprint density at radius 1 is 1.07 bits per heavy atom. The van der Waals surface area contributed by atoms with E-state index in [2.05, 4.69) is 31.6 Å². The molecule has 0 fully saturated rings. The molecule has 0 aliphatic carbocycles. The first-order chi connectivity index (χ1) is 7.29. The number of rotatable bonds is 10. The minimum Gasteiger partial charge on any atom is -0.293 e. The molecule has 0 radical (unpaired) electrons. The highest BCUT2D eigenvalue weighted by molar-refractivity contribution is 4.87. The SMILES string of the molecule is C=CCC(CCCC)N(CC=C)CC=C. The summed E-state index contributed by atoms with van der Waals surface area (Å²) in [4.78, 5) is 2.41. The molecule has 0 rings (SSSR count). The zero-order valence-corrected chi connectivity index (χ0v) is 10.1. The molecule has 0 saturated carbocycles. The lowest BCUT2D eigenvalue weighted by Gasteiger charge is -2.29. The number of nitrogens with zero attached hydrogens (tertiary/aromatic N) is 1. The van der Waals surface area contributed by atoms with Crippen LogP contribution >= 0.6 is 0 Å². The molecule has 0 aliphatic heterocycles. The van der Waals surface area contributed by atoms with Gasteiger partial charge in [-0.1, -0.05) is 38.0 Å². The van der Waals surface area contributed by atoms with E-state index in [0.717, 1.165) is 19.5 Å². The van der Waals surface area contributed by atoms with Gasteiger partial charge in [-0.15, -0.1) is 19.7 Å². The molecule has 1 nitrogen and oxygen atoms in total. The van der Waals surface area contributed by atoms with E-state index >= 15 is 0 Å². The summed E-state index contributed by atoms with van der Waals surface area (Å²) in [5, 5.41) is 0. The van der Waals surface area contributed by atoms with Gasteiger partial charge in [-0.05, 0) is 12.8 Å². The Morgan fingerprint density at radius 3 is 2.07 bits per heavy atom. The van der Waals surface area contributed by atoms with Crippen LogP contribution in [0.4, 0.5) is 0 Å². The topological polar surface area (TPSA) is 3.24 Å². The molecule has 0 spiro atoms. The van der Waals surface area contributed by atoms with E-state index in [0.29, 0.717) is 6.04 Å². The number of unbranched alkanes of at least 4 members (excludes halogenated alkanes) is 1. The Labute approximate surface area is 95.2 Å². The molecule has 1 heteroatoms. The van der Waals surface area contributed by atoms with Crippen molar-refractivity contribution in [2.45, 2.75) is 38.6 Å². The Hall–Kier alpha value is -0.820. The molecule has 0 aromatic carbocycles. The first kappa shape index (κ1) is 14.2. The van der Waals surface area contributed by atoms with Crippen molar-refractivity contribution in [1.29, 1.82) is 0 Å². The van der Waals surface area contributed by atoms with Gasteiger partial charge in [0.2, 0.25) is 0 Å². The molecule has 1 unspecified atom stereocenters. The van der Waals surface area contributed by atoms with Crippen LogP contribution in [0.2, 0.25) is 0 Å². The summed E-state index contributed by atoms with van der Waals surface area (Å²) in [6, 6.07) is 0.596. The predicted molar refractivity (Wildman–Crippen MR) is 70.1 cm³/mol. The average Bonchev–Trinajstić information content (AvgIpc) is 2.24. The Bertz CT molecular complexity index is 174. The van der Waals surface area contributed by atoms with Crippen molar-refractivity contribution in [3.8, 4) is 0 Å². The second kappa shape index (κ2) is 9.72. The van der Waals surface area contributed by atoms with Gasteiger partial charge in [-0.25, -0.2) is 0 Å². The molecule has 0 saturated heterocycles. The highest BCUT2D eigenvalue weighted by Gasteiger charge is 2.13. The van der Waals surface area contributed by atoms with E-state index in [9.17, 15) is 0 Å². The lowest BCUT2D eigenvalue weighted by Crippen LogP contribution is -2.35. The summed E-state index contributed by atoms with van der Waals surface area (Å²) in [5.41, 5.74) is 0. The molecule has 0 N–H and O–H groups in total. The number of hydrogen-bond acceptors (Lipinski definition) is 1. The fourth-order valence-electron chi connectivity index (χ4n) is 1.79. The molecule has 0 amide bonds. The smallest absolute Gasteiger partial charge is 0.0166 e. The molecule has 0 aromatic heterocycles. The highest BCUT2D eigenvalue weighted by atomic mass is 15.1. The molecule has 0 heterocycles. The second-order valence-electron chi connectivity index (χ2n) is 3.85. The zero-order valence-electron chi connectivity index (χ0n) is 10.1. The maximum atomic E-state index is 3.83. The Morgan fingerprint density at radius 2 is 1.67 bits per heavy atom. The lowest BCUT2D eigenvalue weighted by atomic mass is 10.0. The summed E-state index contributed by atoms with van der Waals surface area (Å²) in [5.74, 6) is 0. The van der Waals surface area contributed by atoms with Crippen molar-refractivity contribution in [2.75, 3.05) is 13.1 Å². The normalized spacial score (nSPS) is 12.4. The van der Waals surface area contributed by atoms with Gasteiger partial charge in [-0.3, -0.25) is 4.90 Å². The summed E-state index contributed by atoms with van der Waals surface area (Å²) in [7, 11) is 0. The minimum atomic E-state index is 0.596. The van der Waals surface area contributed by atoms with Gasteiger partial charge in [0, 0.05) is 19.1 Å². The van der Waals surface area contributed by atoms with Gasteiger partial charge >= 0.3 is 0 Å². The van der Waals surface area contributed by atoms with Crippen LogP contribution < -0.4 is 0 Å². The summed E-state index contributed by atoms with van der Waals surface area (Å²) < 4.78 is 0. The van der Waals surface area contributed by atoms with Crippen LogP contribution in [0.5, 0.6) is 0 Å². The Kier molecular flexibility index (Phi) is 9.19. The van der Waals surface area contributed by atoms with Gasteiger partial charge in [-0.2, -0.15) is 0 Å². The molecule has 1 atom stereocenters. The van der Waals surface area contributed by atoms with Crippen LogP contribution in [0, 0.1) is 0 Å². The minimum absolute atomic E-state index is 0.596. The molecule has 86 valence electrons. The molecular formula is C14H25N. The van der Waals surface area contributed by atoms with Crippen LogP contribution in [0.3, 0.4) is 0 Å². The largest absolute Gasteiger partial charge is 0.293 e. The zero-order chi connectivity index (χ0) is 11.5. The molecule has 0 bridgehead atoms. The number of hydrogen-bond donors (Lipinski definition) is 0. The average molecular weight is 207 g/mol. The first-order valence-corrected chi connectivity index (χ1v) is 5.86. The van der Waals surface area contributed by atoms with Crippen molar-refractivity contribution in [1.82, 2.24) is 4.90 Å². The molecule has 0 aromatic rings. The first-order valence-electron chi connectivity index (χ1n) is 5.86. The lowest BCUT2D eigenvalue weighted by molar-refractivity contribution is 0.225. The predicted octanol–water partition coefficient (Wildman–Crippen LogP) is 3.80. The van der Waals surface area contributed by atoms with Crippen LogP contribution in [-0.2, 0) is 0 Å². The van der Waals surface area contributed by atoms with Crippen molar-refractivity contribution in [3.63, 3.8) is 0 Å². The molecule has 0 aliphatic rings. The third-order valence-corrected chi connectivity index (χ3v) is 2.57. The van der Waals surface area contributed by atoms with Crippen molar-refractivity contribution in [3.05, 3.63) is 38.0 Å². The van der Waals surface area contributed by atoms with Crippen molar-refractivity contribution in [2.24, 2.45) is 0 Å². The molecular weight excluding hydrogens is 182 g/mol. The second-order valence-corrected chi connectivity index (χ2v) is 3.85. The van der Waals surface area contributed by atoms with E-state index < -0.39 is 0 Å². The summed E-state index contributed by atoms with van der Waals surface area (Å²) >= 11 is 0. The standard InChI is InChI=1S/C14H25N/c1-5-9-11-14(10-6-2)15(12-7-3)13-8-4/h6-8,14H,2-5,9-13H2,1H3. The van der Waals surface area contributed by atoms with Crippen LogP contribution in [-0.4, -0.2) is 24.0 Å². The fraction of sp³-hybridized carbons (Fsp3) is 0.571. The third kappa shape index (κ3) is 6.29. The Balaban J connectivity index is 4.27. The van der Waals surface area contributed by atoms with Crippen LogP contribution in [0.1, 0.15) is 32.6 Å². The van der Waals surface area contributed by atoms with Gasteiger partial charge < -0.3 is 0 Å². The van der Waals surface area contributed by atoms with Crippen molar-refractivity contribution >= 4 is 0 Å². The van der Waals surface area contributed by atoms with Crippen LogP contribution in [0.15, 0.2) is 38.0 Å². The van der Waals surface area contributed by atoms with Gasteiger partial charge in [0.1, 0.15) is 0 Å². The van der Waals surface area contributed by atoms with Gasteiger partial charge in [0.15, 0.2) is 0 Å². The van der Waals surface area contributed by atoms with Crippen LogP contribution in [0.25, 0.3) is 0 Å². The van der Waals surface area contributed by atoms with Crippen molar-refractivity contribution < 1.29 is 0 Å². The van der Waals surface area contributed by atoms with Gasteiger partial charge in [0.05, 0.1) is 0 Å². The quantitative estimate of drug-likeness (QED) is 0.493. The summed E-state index contributed by atoms with van der Waals surface area (Å²) in [6.45, 7) is 15.6. The molecule has 15 heavy (non-hydrogen) atoms. The maximum Gasteiger partial charge on any atom is 0.0166 e. The van der Waals surface area contributed by atoms with E-state index in [1.807, 2.05) is 18.2 Å². The monoisotopic (exact) mass is 207 g/mol. The van der Waals surface area contributed by atoms with Gasteiger partial charge in [0.25, 0.3) is 0 Å². The third-order valence-electron chi connectivity index (χ3n) is 2.57. The highest BCUT2D eigenvalue weighted by Crippen LogP contribution is 2.13. The fourth-order valence-corrected chi connectivity index (χ4v) is 1.79. The summed E-state index contributed by atoms with van der Waals surface area (Å²) in [6.07, 6.45) is 10.8. The van der Waals surface area contributed by atoms with E-state index in [-0.39, 0.29) is 0 Å². The van der Waals surface area contributed by atoms with E-state index in [1.54, 1.807) is 0 Å². The van der Waals surface area contributed by atoms with E-state index in [1.165, 1.54) is 19.3 Å². The van der Waals surface area contributed by atoms with E-state index in [4.69, 9.17) is 0 Å².